The summed E-state index contributed by atoms with van der Waals surface area (Å²) in [5.41, 5.74) is 5.55. The first-order chi connectivity index (χ1) is 9.08. The summed E-state index contributed by atoms with van der Waals surface area (Å²) in [4.78, 5) is 24.8. The predicted molar refractivity (Wildman–Crippen MR) is 73.6 cm³/mol. The van der Waals surface area contributed by atoms with Crippen molar-refractivity contribution < 1.29 is 14.7 Å². The molecular formula is C14H26N2O3. The number of aliphatic carboxylic acids is 1. The molecule has 1 saturated heterocycles. The van der Waals surface area contributed by atoms with Crippen LogP contribution in [0.15, 0.2) is 0 Å². The fraction of sp³-hybridized carbons (Fsp3) is 0.857. The highest BCUT2D eigenvalue weighted by atomic mass is 16.4. The van der Waals surface area contributed by atoms with Gasteiger partial charge in [0.25, 0.3) is 0 Å². The number of carboxylic acid groups (broad SMARTS) is 1. The molecule has 1 heterocycles. The zero-order chi connectivity index (χ0) is 14.3. The van der Waals surface area contributed by atoms with Crippen LogP contribution in [-0.4, -0.2) is 41.5 Å². The molecule has 0 aromatic carbocycles. The minimum Gasteiger partial charge on any atom is -0.481 e. The SMILES string of the molecule is CCC(CCN)CCC(=O)N1CCCC(C(=O)O)C1. The molecule has 1 aliphatic rings. The topological polar surface area (TPSA) is 83.6 Å². The van der Waals surface area contributed by atoms with Gasteiger partial charge in [-0.1, -0.05) is 13.3 Å². The van der Waals surface area contributed by atoms with Crippen LogP contribution >= 0.6 is 0 Å². The lowest BCUT2D eigenvalue weighted by atomic mass is 9.95. The van der Waals surface area contributed by atoms with Crippen molar-refractivity contribution in [2.75, 3.05) is 19.6 Å². The van der Waals surface area contributed by atoms with Crippen LogP contribution in [0.1, 0.15) is 45.4 Å². The molecule has 1 amide bonds. The first-order valence-electron chi connectivity index (χ1n) is 7.29. The minimum absolute atomic E-state index is 0.0985. The fourth-order valence-corrected chi connectivity index (χ4v) is 2.68. The van der Waals surface area contributed by atoms with E-state index in [9.17, 15) is 9.59 Å². The maximum atomic E-state index is 12.1. The maximum absolute atomic E-state index is 12.1. The lowest BCUT2D eigenvalue weighted by Gasteiger charge is -2.31. The van der Waals surface area contributed by atoms with Gasteiger partial charge in [0.15, 0.2) is 0 Å². The van der Waals surface area contributed by atoms with Gasteiger partial charge in [-0.2, -0.15) is 0 Å². The van der Waals surface area contributed by atoms with Crippen molar-refractivity contribution in [2.45, 2.75) is 45.4 Å². The zero-order valence-corrected chi connectivity index (χ0v) is 11.8. The number of hydrogen-bond acceptors (Lipinski definition) is 3. The minimum atomic E-state index is -0.785. The Morgan fingerprint density at radius 1 is 1.42 bits per heavy atom. The van der Waals surface area contributed by atoms with Crippen molar-refractivity contribution >= 4 is 11.9 Å². The highest BCUT2D eigenvalue weighted by molar-refractivity contribution is 5.78. The van der Waals surface area contributed by atoms with Crippen LogP contribution < -0.4 is 5.73 Å². The molecule has 0 radical (unpaired) electrons. The molecule has 0 spiro atoms. The summed E-state index contributed by atoms with van der Waals surface area (Å²) >= 11 is 0. The van der Waals surface area contributed by atoms with E-state index in [1.165, 1.54) is 0 Å². The molecule has 2 atom stereocenters. The third kappa shape index (κ3) is 5.19. The second-order valence-electron chi connectivity index (χ2n) is 5.41. The van der Waals surface area contributed by atoms with Crippen molar-refractivity contribution in [1.82, 2.24) is 4.90 Å². The summed E-state index contributed by atoms with van der Waals surface area (Å²) in [6.07, 6.45) is 4.86. The van der Waals surface area contributed by atoms with E-state index in [2.05, 4.69) is 6.92 Å². The lowest BCUT2D eigenvalue weighted by molar-refractivity contribution is -0.145. The van der Waals surface area contributed by atoms with Crippen molar-refractivity contribution in [3.05, 3.63) is 0 Å². The van der Waals surface area contributed by atoms with Crippen LogP contribution in [0.25, 0.3) is 0 Å². The summed E-state index contributed by atoms with van der Waals surface area (Å²) in [5.74, 6) is -0.564. The summed E-state index contributed by atoms with van der Waals surface area (Å²) in [7, 11) is 0. The van der Waals surface area contributed by atoms with Gasteiger partial charge >= 0.3 is 5.97 Å². The van der Waals surface area contributed by atoms with Gasteiger partial charge in [-0.25, -0.2) is 0 Å². The van der Waals surface area contributed by atoms with Gasteiger partial charge in [0.05, 0.1) is 5.92 Å². The van der Waals surface area contributed by atoms with Gasteiger partial charge in [-0.3, -0.25) is 9.59 Å². The Kier molecular flexibility index (Phi) is 6.84. The van der Waals surface area contributed by atoms with Crippen LogP contribution in [0.2, 0.25) is 0 Å². The standard InChI is InChI=1S/C14H26N2O3/c1-2-11(7-8-15)5-6-13(17)16-9-3-4-12(10-16)14(18)19/h11-12H,2-10,15H2,1H3,(H,18,19). The van der Waals surface area contributed by atoms with E-state index in [1.54, 1.807) is 4.90 Å². The first-order valence-corrected chi connectivity index (χ1v) is 7.29. The van der Waals surface area contributed by atoms with Gasteiger partial charge in [0.2, 0.25) is 5.91 Å². The number of rotatable bonds is 7. The number of piperidine rings is 1. The van der Waals surface area contributed by atoms with Crippen molar-refractivity contribution in [3.8, 4) is 0 Å². The number of carbonyl (C=O) groups excluding carboxylic acids is 1. The van der Waals surface area contributed by atoms with Crippen LogP contribution in [0.4, 0.5) is 0 Å². The van der Waals surface area contributed by atoms with Gasteiger partial charge in [0, 0.05) is 19.5 Å². The summed E-state index contributed by atoms with van der Waals surface area (Å²) in [5, 5.41) is 9.01. The molecule has 5 heteroatoms. The van der Waals surface area contributed by atoms with Gasteiger partial charge in [0.1, 0.15) is 0 Å². The zero-order valence-electron chi connectivity index (χ0n) is 11.8. The van der Waals surface area contributed by atoms with Gasteiger partial charge < -0.3 is 15.7 Å². The molecule has 1 fully saturated rings. The fourth-order valence-electron chi connectivity index (χ4n) is 2.68. The van der Waals surface area contributed by atoms with E-state index in [4.69, 9.17) is 10.8 Å². The maximum Gasteiger partial charge on any atom is 0.308 e. The average molecular weight is 270 g/mol. The molecule has 0 aromatic rings. The normalized spacial score (nSPS) is 21.2. The molecule has 2 unspecified atom stereocenters. The molecule has 3 N–H and O–H groups in total. The molecule has 0 aliphatic carbocycles. The van der Waals surface area contributed by atoms with E-state index in [1.807, 2.05) is 0 Å². The van der Waals surface area contributed by atoms with Crippen LogP contribution in [0, 0.1) is 11.8 Å². The van der Waals surface area contributed by atoms with Crippen molar-refractivity contribution in [1.29, 1.82) is 0 Å². The monoisotopic (exact) mass is 270 g/mol. The van der Waals surface area contributed by atoms with Crippen molar-refractivity contribution in [3.63, 3.8) is 0 Å². The molecule has 19 heavy (non-hydrogen) atoms. The third-order valence-corrected chi connectivity index (χ3v) is 4.04. The summed E-state index contributed by atoms with van der Waals surface area (Å²) in [6, 6.07) is 0. The molecule has 0 aromatic heterocycles. The molecule has 1 aliphatic heterocycles. The highest BCUT2D eigenvalue weighted by Crippen LogP contribution is 2.20. The lowest BCUT2D eigenvalue weighted by Crippen LogP contribution is -2.42. The van der Waals surface area contributed by atoms with Gasteiger partial charge in [-0.15, -0.1) is 0 Å². The summed E-state index contributed by atoms with van der Waals surface area (Å²) in [6.45, 7) is 3.86. The van der Waals surface area contributed by atoms with E-state index in [0.717, 1.165) is 25.7 Å². The number of likely N-dealkylation sites (tertiary alicyclic amines) is 1. The first kappa shape index (κ1) is 16.0. The number of carboxylic acids is 1. The Bertz CT molecular complexity index is 307. The number of nitrogens with zero attached hydrogens (tertiary/aromatic N) is 1. The third-order valence-electron chi connectivity index (χ3n) is 4.04. The molecule has 1 rings (SSSR count). The second kappa shape index (κ2) is 8.15. The summed E-state index contributed by atoms with van der Waals surface area (Å²) < 4.78 is 0. The van der Waals surface area contributed by atoms with Crippen LogP contribution in [0.5, 0.6) is 0 Å². The largest absolute Gasteiger partial charge is 0.481 e. The Morgan fingerprint density at radius 3 is 2.74 bits per heavy atom. The molecular weight excluding hydrogens is 244 g/mol. The van der Waals surface area contributed by atoms with E-state index >= 15 is 0 Å². The molecule has 5 nitrogen and oxygen atoms in total. The Hall–Kier alpha value is -1.10. The highest BCUT2D eigenvalue weighted by Gasteiger charge is 2.27. The quantitative estimate of drug-likeness (QED) is 0.733. The second-order valence-corrected chi connectivity index (χ2v) is 5.41. The Morgan fingerprint density at radius 2 is 2.16 bits per heavy atom. The van der Waals surface area contributed by atoms with Crippen LogP contribution in [0.3, 0.4) is 0 Å². The van der Waals surface area contributed by atoms with E-state index in [-0.39, 0.29) is 11.8 Å². The van der Waals surface area contributed by atoms with Crippen molar-refractivity contribution in [2.24, 2.45) is 17.6 Å². The molecule has 0 saturated carbocycles. The van der Waals surface area contributed by atoms with E-state index in [0.29, 0.717) is 38.4 Å². The van der Waals surface area contributed by atoms with E-state index < -0.39 is 5.97 Å². The number of amides is 1. The number of hydrogen-bond donors (Lipinski definition) is 2. The smallest absolute Gasteiger partial charge is 0.308 e. The molecule has 110 valence electrons. The van der Waals surface area contributed by atoms with Gasteiger partial charge in [-0.05, 0) is 38.1 Å². The average Bonchev–Trinajstić information content (AvgIpc) is 2.43. The molecule has 0 bridgehead atoms. The predicted octanol–water partition coefficient (Wildman–Crippen LogP) is 1.46. The Labute approximate surface area is 115 Å². The van der Waals surface area contributed by atoms with Crippen LogP contribution in [-0.2, 0) is 9.59 Å². The Balaban J connectivity index is 2.38. The number of nitrogens with two attached hydrogens (primary N) is 1. The number of carbonyl (C=O) groups is 2.